The van der Waals surface area contributed by atoms with Crippen LogP contribution in [-0.4, -0.2) is 40.0 Å². The molecule has 1 aliphatic rings. The van der Waals surface area contributed by atoms with E-state index < -0.39 is 28.3 Å². The largest absolute Gasteiger partial charge is 0.492 e. The minimum atomic E-state index is -3.71. The Labute approximate surface area is 155 Å². The number of benzene rings is 2. The molecule has 3 rings (SSSR count). The summed E-state index contributed by atoms with van der Waals surface area (Å²) in [5, 5.41) is 2.56. The van der Waals surface area contributed by atoms with Crippen molar-refractivity contribution in [1.29, 1.82) is 0 Å². The smallest absolute Gasteiger partial charge is 0.239 e. The predicted molar refractivity (Wildman–Crippen MR) is 94.9 cm³/mol. The molecule has 1 amide bonds. The molecular formula is C17H17FN2O6S. The van der Waals surface area contributed by atoms with Gasteiger partial charge >= 0.3 is 0 Å². The first-order valence-corrected chi connectivity index (χ1v) is 9.62. The van der Waals surface area contributed by atoms with Crippen molar-refractivity contribution in [3.05, 3.63) is 48.3 Å². The number of fused-ring (bicyclic) bond motifs is 1. The van der Waals surface area contributed by atoms with E-state index in [1.165, 1.54) is 24.3 Å². The molecule has 0 aliphatic carbocycles. The van der Waals surface area contributed by atoms with Gasteiger partial charge in [0.25, 0.3) is 0 Å². The lowest BCUT2D eigenvalue weighted by Crippen LogP contribution is -2.35. The van der Waals surface area contributed by atoms with Crippen molar-refractivity contribution in [2.45, 2.75) is 0 Å². The van der Waals surface area contributed by atoms with Gasteiger partial charge in [-0.2, -0.15) is 0 Å². The Morgan fingerprint density at radius 1 is 1.11 bits per heavy atom. The predicted octanol–water partition coefficient (Wildman–Crippen LogP) is 1.49. The number of carbonyl (C=O) groups is 1. The van der Waals surface area contributed by atoms with Crippen LogP contribution in [0.4, 0.5) is 10.1 Å². The summed E-state index contributed by atoms with van der Waals surface area (Å²) in [6.45, 7) is -0.440. The second-order valence-electron chi connectivity index (χ2n) is 5.56. The summed E-state index contributed by atoms with van der Waals surface area (Å²) in [6, 6.07) is 10.1. The Morgan fingerprint density at radius 3 is 2.63 bits per heavy atom. The fourth-order valence-electron chi connectivity index (χ4n) is 2.23. The molecule has 2 aromatic carbocycles. The van der Waals surface area contributed by atoms with Crippen molar-refractivity contribution in [3.63, 3.8) is 0 Å². The van der Waals surface area contributed by atoms with Crippen LogP contribution in [0.2, 0.25) is 0 Å². The van der Waals surface area contributed by atoms with Crippen LogP contribution in [0.5, 0.6) is 17.2 Å². The van der Waals surface area contributed by atoms with E-state index in [4.69, 9.17) is 14.2 Å². The highest BCUT2D eigenvalue weighted by atomic mass is 32.2. The Kier molecular flexibility index (Phi) is 5.77. The van der Waals surface area contributed by atoms with Gasteiger partial charge in [0.2, 0.25) is 22.7 Å². The fraction of sp³-hybridized carbons (Fsp3) is 0.235. The molecule has 27 heavy (non-hydrogen) atoms. The fourth-order valence-corrected chi connectivity index (χ4v) is 3.03. The number of carbonyl (C=O) groups excluding carboxylic acids is 1. The molecule has 1 aliphatic heterocycles. The second-order valence-corrected chi connectivity index (χ2v) is 7.49. The van der Waals surface area contributed by atoms with Crippen LogP contribution in [0, 0.1) is 5.82 Å². The number of hydrogen-bond acceptors (Lipinski definition) is 6. The van der Waals surface area contributed by atoms with Crippen molar-refractivity contribution in [2.75, 3.05) is 31.0 Å². The molecule has 10 heteroatoms. The quantitative estimate of drug-likeness (QED) is 0.701. The number of hydrogen-bond donors (Lipinski definition) is 2. The van der Waals surface area contributed by atoms with Gasteiger partial charge in [-0.15, -0.1) is 0 Å². The molecule has 0 unspecified atom stereocenters. The van der Waals surface area contributed by atoms with Crippen LogP contribution in [0.25, 0.3) is 0 Å². The van der Waals surface area contributed by atoms with E-state index in [1.807, 2.05) is 0 Å². The average molecular weight is 396 g/mol. The molecule has 8 nitrogen and oxygen atoms in total. The summed E-state index contributed by atoms with van der Waals surface area (Å²) in [5.41, 5.74) is 0.461. The molecule has 0 atom stereocenters. The van der Waals surface area contributed by atoms with Gasteiger partial charge < -0.3 is 19.5 Å². The lowest BCUT2D eigenvalue weighted by Gasteiger charge is -2.09. The number of nitrogens with one attached hydrogen (secondary N) is 2. The Morgan fingerprint density at radius 2 is 1.85 bits per heavy atom. The maximum absolute atomic E-state index is 12.8. The highest BCUT2D eigenvalue weighted by Gasteiger charge is 2.16. The maximum Gasteiger partial charge on any atom is 0.239 e. The van der Waals surface area contributed by atoms with E-state index in [9.17, 15) is 17.6 Å². The van der Waals surface area contributed by atoms with Gasteiger partial charge in [0.05, 0.1) is 12.3 Å². The van der Waals surface area contributed by atoms with Crippen molar-refractivity contribution < 1.29 is 31.8 Å². The molecule has 144 valence electrons. The minimum absolute atomic E-state index is 0.118. The molecule has 0 saturated heterocycles. The molecule has 0 saturated carbocycles. The van der Waals surface area contributed by atoms with Crippen LogP contribution in [0.15, 0.2) is 42.5 Å². The highest BCUT2D eigenvalue weighted by molar-refractivity contribution is 7.89. The number of rotatable bonds is 8. The van der Waals surface area contributed by atoms with Crippen LogP contribution in [0.3, 0.4) is 0 Å². The Balaban J connectivity index is 1.42. The Hall–Kier alpha value is -2.85. The van der Waals surface area contributed by atoms with E-state index in [2.05, 4.69) is 10.0 Å². The summed E-state index contributed by atoms with van der Waals surface area (Å²) in [5.74, 6) is 0.150. The van der Waals surface area contributed by atoms with Gasteiger partial charge in [-0.3, -0.25) is 4.79 Å². The van der Waals surface area contributed by atoms with Crippen LogP contribution in [0.1, 0.15) is 0 Å². The number of halogens is 1. The highest BCUT2D eigenvalue weighted by Crippen LogP contribution is 2.34. The number of ether oxygens (including phenoxy) is 3. The molecule has 0 bridgehead atoms. The van der Waals surface area contributed by atoms with Gasteiger partial charge in [0.15, 0.2) is 11.5 Å². The first-order valence-electron chi connectivity index (χ1n) is 7.96. The summed E-state index contributed by atoms with van der Waals surface area (Å²) in [4.78, 5) is 11.9. The summed E-state index contributed by atoms with van der Waals surface area (Å²) >= 11 is 0. The van der Waals surface area contributed by atoms with Gasteiger partial charge in [0, 0.05) is 11.8 Å². The minimum Gasteiger partial charge on any atom is -0.492 e. The third-order valence-corrected chi connectivity index (χ3v) is 4.83. The monoisotopic (exact) mass is 396 g/mol. The molecule has 2 N–H and O–H groups in total. The molecular weight excluding hydrogens is 379 g/mol. The van der Waals surface area contributed by atoms with Crippen LogP contribution >= 0.6 is 0 Å². The third kappa shape index (κ3) is 5.56. The molecule has 0 aromatic heterocycles. The number of anilines is 1. The van der Waals surface area contributed by atoms with Crippen molar-refractivity contribution in [2.24, 2.45) is 0 Å². The maximum atomic E-state index is 12.8. The van der Waals surface area contributed by atoms with E-state index in [1.54, 1.807) is 18.2 Å². The van der Waals surface area contributed by atoms with Gasteiger partial charge in [-0.1, -0.05) is 0 Å². The Bertz CT molecular complexity index is 918. The molecule has 0 spiro atoms. The van der Waals surface area contributed by atoms with E-state index in [0.717, 1.165) is 0 Å². The summed E-state index contributed by atoms with van der Waals surface area (Å²) in [7, 11) is -3.71. The number of sulfonamides is 1. The normalized spacial score (nSPS) is 12.6. The summed E-state index contributed by atoms with van der Waals surface area (Å²) in [6.07, 6.45) is 0. The van der Waals surface area contributed by atoms with Gasteiger partial charge in [-0.25, -0.2) is 17.5 Å². The SMILES string of the molecule is O=C(CNS(=O)(=O)CCOc1ccc(F)cc1)Nc1ccc2c(c1)OCO2. The van der Waals surface area contributed by atoms with Crippen molar-refractivity contribution in [3.8, 4) is 17.2 Å². The zero-order chi connectivity index (χ0) is 19.3. The van der Waals surface area contributed by atoms with E-state index >= 15 is 0 Å². The number of amides is 1. The standard InChI is InChI=1S/C17H17FN2O6S/c18-12-1-4-14(5-2-12)24-7-8-27(22,23)19-10-17(21)20-13-3-6-15-16(9-13)26-11-25-15/h1-6,9,19H,7-8,10-11H2,(H,20,21). The lowest BCUT2D eigenvalue weighted by atomic mass is 10.3. The third-order valence-electron chi connectivity index (χ3n) is 3.54. The second kappa shape index (κ2) is 8.23. The first kappa shape index (κ1) is 18.9. The van der Waals surface area contributed by atoms with E-state index in [0.29, 0.717) is 22.9 Å². The molecule has 0 radical (unpaired) electrons. The van der Waals surface area contributed by atoms with Gasteiger partial charge in [-0.05, 0) is 36.4 Å². The molecule has 1 heterocycles. The zero-order valence-electron chi connectivity index (χ0n) is 14.1. The average Bonchev–Trinajstić information content (AvgIpc) is 3.09. The van der Waals surface area contributed by atoms with Gasteiger partial charge in [0.1, 0.15) is 18.2 Å². The zero-order valence-corrected chi connectivity index (χ0v) is 14.9. The topological polar surface area (TPSA) is 103 Å². The molecule has 2 aromatic rings. The van der Waals surface area contributed by atoms with Crippen molar-refractivity contribution >= 4 is 21.6 Å². The van der Waals surface area contributed by atoms with Crippen LogP contribution < -0.4 is 24.2 Å². The molecule has 0 fully saturated rings. The first-order chi connectivity index (χ1) is 12.9. The van der Waals surface area contributed by atoms with E-state index in [-0.39, 0.29) is 19.2 Å². The van der Waals surface area contributed by atoms with Crippen LogP contribution in [-0.2, 0) is 14.8 Å². The van der Waals surface area contributed by atoms with Crippen molar-refractivity contribution in [1.82, 2.24) is 4.72 Å². The lowest BCUT2D eigenvalue weighted by molar-refractivity contribution is -0.115. The summed E-state index contributed by atoms with van der Waals surface area (Å²) < 4.78 is 54.4.